The Balaban J connectivity index is 1.87. The highest BCUT2D eigenvalue weighted by Gasteiger charge is 2.42. The Bertz CT molecular complexity index is 520. The van der Waals surface area contributed by atoms with Crippen LogP contribution in [0.3, 0.4) is 0 Å². The smallest absolute Gasteiger partial charge is 0.315 e. The number of thiazole rings is 1. The molecule has 4 nitrogen and oxygen atoms in total. The number of fused-ring (bicyclic) bond motifs is 1. The maximum atomic E-state index is 12.1. The third kappa shape index (κ3) is 2.61. The number of aromatic nitrogens is 1. The summed E-state index contributed by atoms with van der Waals surface area (Å²) in [5, 5.41) is 1.08. The van der Waals surface area contributed by atoms with Crippen molar-refractivity contribution < 1.29 is 14.3 Å². The van der Waals surface area contributed by atoms with Crippen LogP contribution in [0.15, 0.2) is 0 Å². The Labute approximate surface area is 129 Å². The molecule has 1 atom stereocenters. The van der Waals surface area contributed by atoms with Crippen molar-refractivity contribution in [2.45, 2.75) is 63.9 Å². The molecule has 21 heavy (non-hydrogen) atoms. The fourth-order valence-corrected chi connectivity index (χ4v) is 4.88. The number of hydrogen-bond donors (Lipinski definition) is 0. The first-order chi connectivity index (χ1) is 10.2. The van der Waals surface area contributed by atoms with Crippen molar-refractivity contribution in [3.05, 3.63) is 15.6 Å². The standard InChI is InChI=1S/C16H23NO3S/c1-3-19-14(18)11-7-8-12-13(11)17-15(21-12)16(20-4-2)9-5-6-10-16/h11H,3-10H2,1-2H3. The van der Waals surface area contributed by atoms with E-state index in [1.807, 2.05) is 13.8 Å². The van der Waals surface area contributed by atoms with E-state index in [1.54, 1.807) is 11.3 Å². The van der Waals surface area contributed by atoms with E-state index in [9.17, 15) is 4.79 Å². The lowest BCUT2D eigenvalue weighted by molar-refractivity contribution is -0.145. The van der Waals surface area contributed by atoms with Crippen molar-refractivity contribution in [1.29, 1.82) is 0 Å². The van der Waals surface area contributed by atoms with Crippen molar-refractivity contribution in [3.8, 4) is 0 Å². The van der Waals surface area contributed by atoms with Crippen LogP contribution < -0.4 is 0 Å². The van der Waals surface area contributed by atoms with Gasteiger partial charge >= 0.3 is 5.97 Å². The van der Waals surface area contributed by atoms with E-state index in [-0.39, 0.29) is 17.5 Å². The molecule has 116 valence electrons. The monoisotopic (exact) mass is 309 g/mol. The van der Waals surface area contributed by atoms with Gasteiger partial charge < -0.3 is 9.47 Å². The molecular formula is C16H23NO3S. The molecule has 2 aliphatic carbocycles. The Morgan fingerprint density at radius 2 is 2.10 bits per heavy atom. The summed E-state index contributed by atoms with van der Waals surface area (Å²) >= 11 is 1.75. The van der Waals surface area contributed by atoms with Crippen molar-refractivity contribution >= 4 is 17.3 Å². The van der Waals surface area contributed by atoms with Crippen LogP contribution in [-0.4, -0.2) is 24.2 Å². The summed E-state index contributed by atoms with van der Waals surface area (Å²) < 4.78 is 11.3. The molecule has 3 rings (SSSR count). The molecule has 1 aromatic rings. The summed E-state index contributed by atoms with van der Waals surface area (Å²) in [4.78, 5) is 18.2. The molecule has 1 heterocycles. The van der Waals surface area contributed by atoms with Gasteiger partial charge in [0.25, 0.3) is 0 Å². The molecule has 1 aromatic heterocycles. The molecule has 0 N–H and O–H groups in total. The summed E-state index contributed by atoms with van der Waals surface area (Å²) in [6.45, 7) is 5.04. The van der Waals surface area contributed by atoms with E-state index < -0.39 is 0 Å². The van der Waals surface area contributed by atoms with Gasteiger partial charge in [-0.2, -0.15) is 0 Å². The quantitative estimate of drug-likeness (QED) is 0.781. The highest BCUT2D eigenvalue weighted by molar-refractivity contribution is 7.12. The summed E-state index contributed by atoms with van der Waals surface area (Å²) in [5.74, 6) is -0.282. The number of ether oxygens (including phenoxy) is 2. The van der Waals surface area contributed by atoms with Crippen LogP contribution in [0.25, 0.3) is 0 Å². The number of carbonyl (C=O) groups is 1. The highest BCUT2D eigenvalue weighted by atomic mass is 32.1. The van der Waals surface area contributed by atoms with Gasteiger partial charge in [-0.15, -0.1) is 11.3 Å². The Kier molecular flexibility index (Phi) is 4.31. The molecule has 1 fully saturated rings. The predicted octanol–water partition coefficient (Wildman–Crippen LogP) is 3.54. The lowest BCUT2D eigenvalue weighted by atomic mass is 10.0. The molecule has 0 bridgehead atoms. The van der Waals surface area contributed by atoms with Gasteiger partial charge in [0.05, 0.1) is 12.3 Å². The second kappa shape index (κ2) is 6.05. The largest absolute Gasteiger partial charge is 0.465 e. The van der Waals surface area contributed by atoms with Crippen molar-refractivity contribution in [1.82, 2.24) is 4.98 Å². The van der Waals surface area contributed by atoms with Gasteiger partial charge in [-0.3, -0.25) is 4.79 Å². The van der Waals surface area contributed by atoms with Crippen LogP contribution >= 0.6 is 11.3 Å². The molecule has 1 saturated carbocycles. The minimum atomic E-state index is -0.192. The first kappa shape index (κ1) is 15.0. The third-order valence-corrected chi connectivity index (χ3v) is 5.83. The van der Waals surface area contributed by atoms with Crippen LogP contribution in [-0.2, 0) is 26.3 Å². The maximum Gasteiger partial charge on any atom is 0.315 e. The van der Waals surface area contributed by atoms with E-state index in [4.69, 9.17) is 14.5 Å². The number of carbonyl (C=O) groups excluding carboxylic acids is 1. The molecule has 0 aromatic carbocycles. The molecule has 0 amide bonds. The molecule has 0 aliphatic heterocycles. The zero-order chi connectivity index (χ0) is 14.9. The van der Waals surface area contributed by atoms with E-state index in [0.717, 1.165) is 36.4 Å². The molecule has 0 spiro atoms. The van der Waals surface area contributed by atoms with Crippen molar-refractivity contribution in [3.63, 3.8) is 0 Å². The number of aryl methyl sites for hydroxylation is 1. The average Bonchev–Trinajstić information content (AvgIpc) is 3.13. The number of nitrogens with zero attached hydrogens (tertiary/aromatic N) is 1. The van der Waals surface area contributed by atoms with Gasteiger partial charge in [-0.05, 0) is 39.5 Å². The molecule has 2 aliphatic rings. The van der Waals surface area contributed by atoms with Crippen LogP contribution in [0.4, 0.5) is 0 Å². The second-order valence-corrected chi connectivity index (χ2v) is 6.89. The van der Waals surface area contributed by atoms with Crippen LogP contribution in [0.1, 0.15) is 67.4 Å². The first-order valence-corrected chi connectivity index (χ1v) is 8.82. The molecule has 0 radical (unpaired) electrons. The van der Waals surface area contributed by atoms with Gasteiger partial charge in [0.1, 0.15) is 16.5 Å². The Morgan fingerprint density at radius 3 is 2.76 bits per heavy atom. The zero-order valence-electron chi connectivity index (χ0n) is 12.8. The number of hydrogen-bond acceptors (Lipinski definition) is 5. The molecule has 5 heteroatoms. The lowest BCUT2D eigenvalue weighted by Gasteiger charge is -2.26. The molecular weight excluding hydrogens is 286 g/mol. The topological polar surface area (TPSA) is 48.4 Å². The van der Waals surface area contributed by atoms with E-state index >= 15 is 0 Å². The summed E-state index contributed by atoms with van der Waals surface area (Å²) in [5.41, 5.74) is 0.766. The Hall–Kier alpha value is -0.940. The fraction of sp³-hybridized carbons (Fsp3) is 0.750. The van der Waals surface area contributed by atoms with E-state index in [0.29, 0.717) is 13.2 Å². The van der Waals surface area contributed by atoms with Crippen molar-refractivity contribution in [2.24, 2.45) is 0 Å². The lowest BCUT2D eigenvalue weighted by Crippen LogP contribution is -2.26. The predicted molar refractivity (Wildman–Crippen MR) is 81.6 cm³/mol. The zero-order valence-corrected chi connectivity index (χ0v) is 13.6. The van der Waals surface area contributed by atoms with Crippen LogP contribution in [0.2, 0.25) is 0 Å². The first-order valence-electron chi connectivity index (χ1n) is 8.01. The summed E-state index contributed by atoms with van der Waals surface area (Å²) in [7, 11) is 0. The van der Waals surface area contributed by atoms with E-state index in [1.165, 1.54) is 17.7 Å². The van der Waals surface area contributed by atoms with Crippen molar-refractivity contribution in [2.75, 3.05) is 13.2 Å². The normalized spacial score (nSPS) is 23.2. The second-order valence-electron chi connectivity index (χ2n) is 5.81. The van der Waals surface area contributed by atoms with E-state index in [2.05, 4.69) is 0 Å². The van der Waals surface area contributed by atoms with Gasteiger partial charge in [-0.25, -0.2) is 4.98 Å². The molecule has 1 unspecified atom stereocenters. The summed E-state index contributed by atoms with van der Waals surface area (Å²) in [6, 6.07) is 0. The fourth-order valence-electron chi connectivity index (χ4n) is 3.54. The minimum Gasteiger partial charge on any atom is -0.465 e. The minimum absolute atomic E-state index is 0.120. The number of rotatable bonds is 5. The SMILES string of the molecule is CCOC(=O)C1CCc2sc(C3(OCC)CCCC3)nc21. The van der Waals surface area contributed by atoms with Crippen LogP contribution in [0, 0.1) is 0 Å². The average molecular weight is 309 g/mol. The van der Waals surface area contributed by atoms with Crippen LogP contribution in [0.5, 0.6) is 0 Å². The van der Waals surface area contributed by atoms with Gasteiger partial charge in [0.15, 0.2) is 0 Å². The number of esters is 1. The van der Waals surface area contributed by atoms with Gasteiger partial charge in [-0.1, -0.05) is 12.8 Å². The maximum absolute atomic E-state index is 12.1. The van der Waals surface area contributed by atoms with Gasteiger partial charge in [0, 0.05) is 11.5 Å². The Morgan fingerprint density at radius 1 is 1.33 bits per heavy atom. The third-order valence-electron chi connectivity index (χ3n) is 4.51. The van der Waals surface area contributed by atoms with Gasteiger partial charge in [0.2, 0.25) is 0 Å². The molecule has 0 saturated heterocycles. The summed E-state index contributed by atoms with van der Waals surface area (Å²) in [6.07, 6.45) is 6.29. The highest BCUT2D eigenvalue weighted by Crippen LogP contribution is 2.47.